The summed E-state index contributed by atoms with van der Waals surface area (Å²) in [5, 5.41) is 9.04. The molecule has 0 saturated heterocycles. The van der Waals surface area contributed by atoms with Gasteiger partial charge in [0.2, 0.25) is 5.95 Å². The Morgan fingerprint density at radius 3 is 2.47 bits per heavy atom. The predicted octanol–water partition coefficient (Wildman–Crippen LogP) is 2.12. The number of rotatable bonds is 2. The van der Waals surface area contributed by atoms with E-state index >= 15 is 0 Å². The van der Waals surface area contributed by atoms with E-state index in [0.717, 1.165) is 0 Å². The Morgan fingerprint density at radius 2 is 1.84 bits per heavy atom. The summed E-state index contributed by atoms with van der Waals surface area (Å²) in [5.74, 6) is -0.301. The number of aromatic nitrogens is 2. The molecule has 7 heteroatoms. The fraction of sp³-hybridized carbons (Fsp3) is 0.0833. The summed E-state index contributed by atoms with van der Waals surface area (Å²) < 4.78 is 25.9. The van der Waals surface area contributed by atoms with Gasteiger partial charge in [0.05, 0.1) is 5.69 Å². The molecule has 2 rings (SSSR count). The van der Waals surface area contributed by atoms with Crippen molar-refractivity contribution in [1.82, 2.24) is 9.97 Å². The molecule has 0 spiro atoms. The van der Waals surface area contributed by atoms with Gasteiger partial charge in [-0.2, -0.15) is 10.2 Å². The number of anilines is 2. The van der Waals surface area contributed by atoms with Crippen LogP contribution in [0.4, 0.5) is 20.5 Å². The van der Waals surface area contributed by atoms with Crippen LogP contribution in [-0.2, 0) is 0 Å². The number of hydrogen-bond acceptors (Lipinski definition) is 5. The number of nitrogen functional groups attached to an aromatic ring is 2. The molecule has 0 bridgehead atoms. The van der Waals surface area contributed by atoms with Gasteiger partial charge in [-0.3, -0.25) is 0 Å². The minimum absolute atomic E-state index is 0.0170. The van der Waals surface area contributed by atoms with Gasteiger partial charge in [0.15, 0.2) is 0 Å². The lowest BCUT2D eigenvalue weighted by Gasteiger charge is -2.10. The van der Waals surface area contributed by atoms with Crippen LogP contribution in [0.5, 0.6) is 0 Å². The molecule has 0 aliphatic carbocycles. The third-order valence-corrected chi connectivity index (χ3v) is 2.52. The molecule has 0 saturated carbocycles. The Labute approximate surface area is 107 Å². The van der Waals surface area contributed by atoms with Gasteiger partial charge in [0.1, 0.15) is 17.5 Å². The van der Waals surface area contributed by atoms with Gasteiger partial charge in [0, 0.05) is 11.1 Å². The zero-order chi connectivity index (χ0) is 14.0. The van der Waals surface area contributed by atoms with Crippen LogP contribution in [0.15, 0.2) is 24.3 Å². The minimum atomic E-state index is -2.69. The van der Waals surface area contributed by atoms with Gasteiger partial charge < -0.3 is 11.5 Å². The minimum Gasteiger partial charge on any atom is -0.382 e. The lowest BCUT2D eigenvalue weighted by Crippen LogP contribution is -2.06. The smallest absolute Gasteiger partial charge is 0.264 e. The van der Waals surface area contributed by atoms with Crippen molar-refractivity contribution < 1.29 is 8.78 Å². The zero-order valence-corrected chi connectivity index (χ0v) is 9.64. The molecular weight excluding hydrogens is 252 g/mol. The molecule has 1 aromatic carbocycles. The molecule has 1 aromatic heterocycles. The SMILES string of the molecule is N#Cc1c(N)nc(N)nc1-c1ccccc1C(F)F. The van der Waals surface area contributed by atoms with Crippen molar-refractivity contribution in [3.05, 3.63) is 35.4 Å². The fourth-order valence-corrected chi connectivity index (χ4v) is 1.70. The molecule has 1 heterocycles. The van der Waals surface area contributed by atoms with E-state index in [4.69, 9.17) is 16.7 Å². The van der Waals surface area contributed by atoms with E-state index in [9.17, 15) is 8.78 Å². The number of benzene rings is 1. The summed E-state index contributed by atoms with van der Waals surface area (Å²) in [4.78, 5) is 7.49. The van der Waals surface area contributed by atoms with Crippen LogP contribution < -0.4 is 11.5 Å². The van der Waals surface area contributed by atoms with Crippen LogP contribution in [0.2, 0.25) is 0 Å². The molecule has 2 aromatic rings. The molecule has 0 unspecified atom stereocenters. The lowest BCUT2D eigenvalue weighted by molar-refractivity contribution is 0.152. The number of nitrogens with zero attached hydrogens (tertiary/aromatic N) is 3. The molecule has 0 amide bonds. The third kappa shape index (κ3) is 2.28. The molecule has 4 N–H and O–H groups in total. The van der Waals surface area contributed by atoms with E-state index in [0.29, 0.717) is 0 Å². The Morgan fingerprint density at radius 1 is 1.16 bits per heavy atom. The van der Waals surface area contributed by atoms with Crippen molar-refractivity contribution in [2.75, 3.05) is 11.5 Å². The first-order valence-corrected chi connectivity index (χ1v) is 5.25. The average molecular weight is 261 g/mol. The number of nitrogens with two attached hydrogens (primary N) is 2. The van der Waals surface area contributed by atoms with Gasteiger partial charge in [-0.25, -0.2) is 13.8 Å². The molecule has 0 atom stereocenters. The number of halogens is 2. The van der Waals surface area contributed by atoms with Crippen LogP contribution in [0.25, 0.3) is 11.3 Å². The molecular formula is C12H9F2N5. The van der Waals surface area contributed by atoms with Crippen molar-refractivity contribution in [3.8, 4) is 17.3 Å². The van der Waals surface area contributed by atoms with Crippen molar-refractivity contribution in [1.29, 1.82) is 5.26 Å². The summed E-state index contributed by atoms with van der Waals surface area (Å²) in [7, 11) is 0. The highest BCUT2D eigenvalue weighted by Crippen LogP contribution is 2.33. The van der Waals surface area contributed by atoms with Gasteiger partial charge in [-0.15, -0.1) is 0 Å². The summed E-state index contributed by atoms with van der Waals surface area (Å²) in [6, 6.07) is 7.54. The quantitative estimate of drug-likeness (QED) is 0.862. The van der Waals surface area contributed by atoms with Crippen LogP contribution in [0, 0.1) is 11.3 Å². The fourth-order valence-electron chi connectivity index (χ4n) is 1.70. The second kappa shape index (κ2) is 4.86. The maximum atomic E-state index is 13.0. The second-order valence-corrected chi connectivity index (χ2v) is 3.69. The van der Waals surface area contributed by atoms with Crippen molar-refractivity contribution >= 4 is 11.8 Å². The van der Waals surface area contributed by atoms with Crippen LogP contribution in [0.1, 0.15) is 17.6 Å². The van der Waals surface area contributed by atoms with Gasteiger partial charge in [-0.05, 0) is 0 Å². The topological polar surface area (TPSA) is 102 Å². The van der Waals surface area contributed by atoms with Crippen molar-refractivity contribution in [2.24, 2.45) is 0 Å². The second-order valence-electron chi connectivity index (χ2n) is 3.69. The summed E-state index contributed by atoms with van der Waals surface area (Å²) in [6.07, 6.45) is -2.69. The van der Waals surface area contributed by atoms with E-state index in [1.165, 1.54) is 18.2 Å². The number of nitriles is 1. The van der Waals surface area contributed by atoms with Gasteiger partial charge in [0.25, 0.3) is 6.43 Å². The molecule has 96 valence electrons. The molecule has 0 aliphatic rings. The summed E-state index contributed by atoms with van der Waals surface area (Å²) >= 11 is 0. The monoisotopic (exact) mass is 261 g/mol. The standard InChI is InChI=1S/C12H9F2N5/c13-10(14)7-4-2-1-3-6(7)9-8(5-15)11(16)19-12(17)18-9/h1-4,10H,(H4,16,17,18,19). The van der Waals surface area contributed by atoms with Gasteiger partial charge in [-0.1, -0.05) is 24.3 Å². The molecule has 19 heavy (non-hydrogen) atoms. The first-order valence-electron chi connectivity index (χ1n) is 5.25. The van der Waals surface area contributed by atoms with E-state index in [1.807, 2.05) is 0 Å². The lowest BCUT2D eigenvalue weighted by atomic mass is 10.0. The highest BCUT2D eigenvalue weighted by atomic mass is 19.3. The van der Waals surface area contributed by atoms with Gasteiger partial charge >= 0.3 is 0 Å². The summed E-state index contributed by atoms with van der Waals surface area (Å²) in [6.45, 7) is 0. The molecule has 5 nitrogen and oxygen atoms in total. The summed E-state index contributed by atoms with van der Waals surface area (Å²) in [5.41, 5.74) is 10.8. The average Bonchev–Trinajstić information content (AvgIpc) is 2.37. The third-order valence-electron chi connectivity index (χ3n) is 2.52. The number of hydrogen-bond donors (Lipinski definition) is 2. The predicted molar refractivity (Wildman–Crippen MR) is 66.0 cm³/mol. The number of alkyl halides is 2. The van der Waals surface area contributed by atoms with E-state index in [1.54, 1.807) is 12.1 Å². The van der Waals surface area contributed by atoms with Crippen molar-refractivity contribution in [2.45, 2.75) is 6.43 Å². The van der Waals surface area contributed by atoms with E-state index in [2.05, 4.69) is 9.97 Å². The first-order chi connectivity index (χ1) is 9.04. The Kier molecular flexibility index (Phi) is 3.25. The maximum Gasteiger partial charge on any atom is 0.264 e. The maximum absolute atomic E-state index is 13.0. The first kappa shape index (κ1) is 12.7. The van der Waals surface area contributed by atoms with E-state index in [-0.39, 0.29) is 34.2 Å². The molecule has 0 fully saturated rings. The normalized spacial score (nSPS) is 10.4. The Balaban J connectivity index is 2.76. The Hall–Kier alpha value is -2.75. The molecule has 0 radical (unpaired) electrons. The van der Waals surface area contributed by atoms with Crippen LogP contribution >= 0.6 is 0 Å². The Bertz CT molecular complexity index is 664. The highest BCUT2D eigenvalue weighted by molar-refractivity contribution is 5.75. The highest BCUT2D eigenvalue weighted by Gasteiger charge is 2.19. The van der Waals surface area contributed by atoms with Crippen molar-refractivity contribution in [3.63, 3.8) is 0 Å². The zero-order valence-electron chi connectivity index (χ0n) is 9.64. The molecule has 0 aliphatic heterocycles. The van der Waals surface area contributed by atoms with E-state index < -0.39 is 6.43 Å². The van der Waals surface area contributed by atoms with Crippen LogP contribution in [-0.4, -0.2) is 9.97 Å². The largest absolute Gasteiger partial charge is 0.382 e. The van der Waals surface area contributed by atoms with Crippen LogP contribution in [0.3, 0.4) is 0 Å².